The Bertz CT molecular complexity index is 408. The zero-order valence-corrected chi connectivity index (χ0v) is 11.5. The summed E-state index contributed by atoms with van der Waals surface area (Å²) in [5.74, 6) is 0.124. The first-order valence-electron chi connectivity index (χ1n) is 6.18. The van der Waals surface area contributed by atoms with Crippen LogP contribution in [0.1, 0.15) is 30.8 Å². The molecule has 1 aliphatic rings. The standard InChI is InChI=1S/C12H18N2O3S/c1-3-16-12(15)10-11(18-7-14-10)13-6-9-4-5-17-8(9)2/h7-9,13H,3-6H2,1-2H3. The largest absolute Gasteiger partial charge is 0.461 e. The van der Waals surface area contributed by atoms with Crippen molar-refractivity contribution >= 4 is 22.3 Å². The molecule has 1 aromatic rings. The Balaban J connectivity index is 1.93. The van der Waals surface area contributed by atoms with Gasteiger partial charge in [-0.3, -0.25) is 0 Å². The zero-order chi connectivity index (χ0) is 13.0. The Hall–Kier alpha value is -1.14. The average molecular weight is 270 g/mol. The second-order valence-corrected chi connectivity index (χ2v) is 5.11. The Kier molecular flexibility index (Phi) is 4.54. The van der Waals surface area contributed by atoms with Gasteiger partial charge in [-0.15, -0.1) is 11.3 Å². The monoisotopic (exact) mass is 270 g/mol. The van der Waals surface area contributed by atoms with Crippen LogP contribution in [0, 0.1) is 5.92 Å². The van der Waals surface area contributed by atoms with Crippen molar-refractivity contribution in [3.8, 4) is 0 Å². The summed E-state index contributed by atoms with van der Waals surface area (Å²) in [5, 5.41) is 4.06. The van der Waals surface area contributed by atoms with Crippen LogP contribution in [0.3, 0.4) is 0 Å². The predicted molar refractivity (Wildman–Crippen MR) is 70.1 cm³/mol. The van der Waals surface area contributed by atoms with E-state index in [1.54, 1.807) is 12.4 Å². The minimum Gasteiger partial charge on any atom is -0.461 e. The molecule has 1 aliphatic heterocycles. The highest BCUT2D eigenvalue weighted by molar-refractivity contribution is 7.14. The van der Waals surface area contributed by atoms with Crippen molar-refractivity contribution in [1.29, 1.82) is 0 Å². The molecule has 0 aliphatic carbocycles. The van der Waals surface area contributed by atoms with E-state index in [1.165, 1.54) is 11.3 Å². The number of carbonyl (C=O) groups is 1. The van der Waals surface area contributed by atoms with Crippen LogP contribution in [0.2, 0.25) is 0 Å². The second kappa shape index (κ2) is 6.15. The minimum atomic E-state index is -0.364. The summed E-state index contributed by atoms with van der Waals surface area (Å²) < 4.78 is 10.5. The van der Waals surface area contributed by atoms with E-state index >= 15 is 0 Å². The number of nitrogens with one attached hydrogen (secondary N) is 1. The van der Waals surface area contributed by atoms with Crippen LogP contribution < -0.4 is 5.32 Å². The molecule has 1 N–H and O–H groups in total. The lowest BCUT2D eigenvalue weighted by Crippen LogP contribution is -2.21. The molecule has 1 fully saturated rings. The van der Waals surface area contributed by atoms with Crippen molar-refractivity contribution in [2.75, 3.05) is 25.1 Å². The Labute approximate surface area is 111 Å². The third-order valence-corrected chi connectivity index (χ3v) is 3.88. The SMILES string of the molecule is CCOC(=O)c1ncsc1NCC1CCOC1C. The third kappa shape index (κ3) is 3.00. The van der Waals surface area contributed by atoms with Crippen LogP contribution in [0.25, 0.3) is 0 Å². The Morgan fingerprint density at radius 3 is 3.22 bits per heavy atom. The number of aromatic nitrogens is 1. The lowest BCUT2D eigenvalue weighted by atomic mass is 10.0. The van der Waals surface area contributed by atoms with Gasteiger partial charge in [-0.25, -0.2) is 9.78 Å². The van der Waals surface area contributed by atoms with Crippen LogP contribution in [-0.4, -0.2) is 36.8 Å². The number of anilines is 1. The first-order valence-corrected chi connectivity index (χ1v) is 7.06. The highest BCUT2D eigenvalue weighted by Crippen LogP contribution is 2.25. The van der Waals surface area contributed by atoms with Gasteiger partial charge in [0.1, 0.15) is 5.00 Å². The van der Waals surface area contributed by atoms with Gasteiger partial charge in [0.05, 0.1) is 18.2 Å². The van der Waals surface area contributed by atoms with Crippen molar-refractivity contribution in [2.24, 2.45) is 5.92 Å². The molecule has 0 aromatic carbocycles. The van der Waals surface area contributed by atoms with Crippen LogP contribution in [-0.2, 0) is 9.47 Å². The first kappa shape index (κ1) is 13.3. The maximum Gasteiger partial charge on any atom is 0.360 e. The number of rotatable bonds is 5. The van der Waals surface area contributed by atoms with E-state index in [-0.39, 0.29) is 12.1 Å². The molecule has 6 heteroatoms. The van der Waals surface area contributed by atoms with Crippen molar-refractivity contribution in [1.82, 2.24) is 4.98 Å². The van der Waals surface area contributed by atoms with Gasteiger partial charge < -0.3 is 14.8 Å². The number of ether oxygens (including phenoxy) is 2. The number of carbonyl (C=O) groups excluding carboxylic acids is 1. The van der Waals surface area contributed by atoms with Gasteiger partial charge in [-0.2, -0.15) is 0 Å². The second-order valence-electron chi connectivity index (χ2n) is 4.26. The van der Waals surface area contributed by atoms with E-state index in [0.29, 0.717) is 18.2 Å². The molecule has 1 aromatic heterocycles. The van der Waals surface area contributed by atoms with Gasteiger partial charge in [0, 0.05) is 19.1 Å². The molecular formula is C12H18N2O3S. The molecule has 2 unspecified atom stereocenters. The highest BCUT2D eigenvalue weighted by atomic mass is 32.1. The minimum absolute atomic E-state index is 0.275. The summed E-state index contributed by atoms with van der Waals surface area (Å²) in [7, 11) is 0. The summed E-state index contributed by atoms with van der Waals surface area (Å²) in [4.78, 5) is 15.7. The zero-order valence-electron chi connectivity index (χ0n) is 10.6. The molecule has 100 valence electrons. The van der Waals surface area contributed by atoms with Crippen LogP contribution in [0.15, 0.2) is 5.51 Å². The molecule has 2 atom stereocenters. The summed E-state index contributed by atoms with van der Waals surface area (Å²) in [6.45, 7) is 5.85. The normalized spacial score (nSPS) is 23.0. The molecule has 5 nitrogen and oxygen atoms in total. The molecule has 2 rings (SSSR count). The molecule has 0 bridgehead atoms. The fraction of sp³-hybridized carbons (Fsp3) is 0.667. The fourth-order valence-electron chi connectivity index (χ4n) is 1.98. The topological polar surface area (TPSA) is 60.5 Å². The van der Waals surface area contributed by atoms with Gasteiger partial charge in [0.25, 0.3) is 0 Å². The van der Waals surface area contributed by atoms with Crippen LogP contribution in [0.5, 0.6) is 0 Å². The van der Waals surface area contributed by atoms with Gasteiger partial charge in [0.15, 0.2) is 5.69 Å². The molecule has 0 amide bonds. The van der Waals surface area contributed by atoms with Crippen molar-refractivity contribution in [3.63, 3.8) is 0 Å². The average Bonchev–Trinajstić information content (AvgIpc) is 2.95. The van der Waals surface area contributed by atoms with E-state index in [1.807, 2.05) is 0 Å². The number of nitrogens with zero attached hydrogens (tertiary/aromatic N) is 1. The Morgan fingerprint density at radius 1 is 1.72 bits per heavy atom. The predicted octanol–water partition coefficient (Wildman–Crippen LogP) is 2.16. The van der Waals surface area contributed by atoms with E-state index in [2.05, 4.69) is 17.2 Å². The summed E-state index contributed by atoms with van der Waals surface area (Å²) in [6, 6.07) is 0. The Morgan fingerprint density at radius 2 is 2.56 bits per heavy atom. The molecular weight excluding hydrogens is 252 g/mol. The lowest BCUT2D eigenvalue weighted by Gasteiger charge is -2.14. The molecule has 1 saturated heterocycles. The third-order valence-electron chi connectivity index (χ3n) is 3.09. The number of hydrogen-bond donors (Lipinski definition) is 1. The van der Waals surface area contributed by atoms with Gasteiger partial charge in [-0.1, -0.05) is 0 Å². The molecule has 2 heterocycles. The quantitative estimate of drug-likeness (QED) is 0.831. The van der Waals surface area contributed by atoms with E-state index in [0.717, 1.165) is 24.6 Å². The molecule has 18 heavy (non-hydrogen) atoms. The number of thiazole rings is 1. The summed E-state index contributed by atoms with van der Waals surface area (Å²) >= 11 is 1.42. The number of esters is 1. The fourth-order valence-corrected chi connectivity index (χ4v) is 2.66. The summed E-state index contributed by atoms with van der Waals surface area (Å²) in [6.07, 6.45) is 1.33. The summed E-state index contributed by atoms with van der Waals surface area (Å²) in [5.41, 5.74) is 2.04. The van der Waals surface area contributed by atoms with E-state index in [4.69, 9.17) is 9.47 Å². The van der Waals surface area contributed by atoms with Crippen LogP contribution >= 0.6 is 11.3 Å². The first-order chi connectivity index (χ1) is 8.72. The molecule has 0 saturated carbocycles. The van der Waals surface area contributed by atoms with Crippen LogP contribution in [0.4, 0.5) is 5.00 Å². The van der Waals surface area contributed by atoms with E-state index in [9.17, 15) is 4.79 Å². The molecule has 0 spiro atoms. The number of hydrogen-bond acceptors (Lipinski definition) is 6. The van der Waals surface area contributed by atoms with Gasteiger partial charge in [-0.05, 0) is 20.3 Å². The molecule has 0 radical (unpaired) electrons. The van der Waals surface area contributed by atoms with E-state index < -0.39 is 0 Å². The van der Waals surface area contributed by atoms with Crippen molar-refractivity contribution < 1.29 is 14.3 Å². The van der Waals surface area contributed by atoms with Gasteiger partial charge >= 0.3 is 5.97 Å². The highest BCUT2D eigenvalue weighted by Gasteiger charge is 2.25. The smallest absolute Gasteiger partial charge is 0.360 e. The maximum atomic E-state index is 11.6. The van der Waals surface area contributed by atoms with Crippen molar-refractivity contribution in [2.45, 2.75) is 26.4 Å². The lowest BCUT2D eigenvalue weighted by molar-refractivity contribution is 0.0521. The van der Waals surface area contributed by atoms with Gasteiger partial charge in [0.2, 0.25) is 0 Å². The maximum absolute atomic E-state index is 11.6. The van der Waals surface area contributed by atoms with Crippen molar-refractivity contribution in [3.05, 3.63) is 11.2 Å².